The Balaban J connectivity index is 2.02. The van der Waals surface area contributed by atoms with E-state index in [9.17, 15) is 9.59 Å². The van der Waals surface area contributed by atoms with Crippen molar-refractivity contribution in [2.45, 2.75) is 45.3 Å². The highest BCUT2D eigenvalue weighted by molar-refractivity contribution is 6.33. The first-order valence-corrected chi connectivity index (χ1v) is 8.70. The Morgan fingerprint density at radius 3 is 2.72 bits per heavy atom. The van der Waals surface area contributed by atoms with E-state index in [2.05, 4.69) is 5.32 Å². The van der Waals surface area contributed by atoms with Crippen LogP contribution in [-0.4, -0.2) is 48.8 Å². The minimum atomic E-state index is -0.518. The molecule has 0 aromatic heterocycles. The molecule has 1 unspecified atom stereocenters. The second kappa shape index (κ2) is 7.95. The van der Waals surface area contributed by atoms with Crippen LogP contribution in [0.1, 0.15) is 44.0 Å². The summed E-state index contributed by atoms with van der Waals surface area (Å²) in [6.07, 6.45) is 1.52. The van der Waals surface area contributed by atoms with E-state index in [4.69, 9.17) is 21.1 Å². The first kappa shape index (κ1) is 19.4. The van der Waals surface area contributed by atoms with Crippen molar-refractivity contribution in [3.05, 3.63) is 28.8 Å². The molecule has 0 saturated carbocycles. The van der Waals surface area contributed by atoms with Gasteiger partial charge in [-0.3, -0.25) is 0 Å². The molecule has 0 spiro atoms. The number of carbonyl (C=O) groups is 2. The number of amides is 1. The minimum Gasteiger partial charge on any atom is -0.465 e. The molecule has 1 aromatic carbocycles. The summed E-state index contributed by atoms with van der Waals surface area (Å²) in [5.74, 6) is -0.420. The van der Waals surface area contributed by atoms with Crippen LogP contribution in [0, 0.1) is 0 Å². The summed E-state index contributed by atoms with van der Waals surface area (Å²) in [6, 6.07) is 4.94. The highest BCUT2D eigenvalue weighted by Gasteiger charge is 2.32. The van der Waals surface area contributed by atoms with Gasteiger partial charge in [-0.25, -0.2) is 9.59 Å². The van der Waals surface area contributed by atoms with Crippen LogP contribution in [0.25, 0.3) is 0 Å². The molecule has 1 aliphatic heterocycles. The number of nitrogens with one attached hydrogen (secondary N) is 1. The zero-order chi connectivity index (χ0) is 18.6. The average Bonchev–Trinajstić information content (AvgIpc) is 3.00. The van der Waals surface area contributed by atoms with E-state index < -0.39 is 11.6 Å². The van der Waals surface area contributed by atoms with E-state index in [0.717, 1.165) is 12.8 Å². The zero-order valence-corrected chi connectivity index (χ0v) is 15.9. The Kier molecular flexibility index (Phi) is 6.16. The highest BCUT2D eigenvalue weighted by atomic mass is 35.5. The number of esters is 1. The van der Waals surface area contributed by atoms with Crippen molar-refractivity contribution >= 4 is 29.4 Å². The monoisotopic (exact) mass is 368 g/mol. The smallest absolute Gasteiger partial charge is 0.410 e. The SMILES string of the molecule is COC(=O)c1ccc(Cl)c(NCC2CCCN2C(=O)OC(C)(C)C)c1. The molecule has 1 aromatic rings. The molecule has 0 radical (unpaired) electrons. The molecular formula is C18H25ClN2O4. The van der Waals surface area contributed by atoms with Crippen molar-refractivity contribution in [2.75, 3.05) is 25.5 Å². The van der Waals surface area contributed by atoms with Crippen LogP contribution in [-0.2, 0) is 9.47 Å². The van der Waals surface area contributed by atoms with Gasteiger partial charge in [-0.2, -0.15) is 0 Å². The number of methoxy groups -OCH3 is 1. The summed E-state index contributed by atoms with van der Waals surface area (Å²) >= 11 is 6.20. The van der Waals surface area contributed by atoms with Gasteiger partial charge in [0.1, 0.15) is 5.60 Å². The molecule has 1 saturated heterocycles. The number of anilines is 1. The first-order chi connectivity index (χ1) is 11.7. The fourth-order valence-electron chi connectivity index (χ4n) is 2.74. The molecular weight excluding hydrogens is 344 g/mol. The molecule has 7 heteroatoms. The van der Waals surface area contributed by atoms with E-state index in [-0.39, 0.29) is 12.1 Å². The van der Waals surface area contributed by atoms with Crippen LogP contribution in [0.4, 0.5) is 10.5 Å². The summed E-state index contributed by atoms with van der Waals surface area (Å²) in [5.41, 5.74) is 0.543. The van der Waals surface area contributed by atoms with E-state index >= 15 is 0 Å². The zero-order valence-electron chi connectivity index (χ0n) is 15.1. The maximum Gasteiger partial charge on any atom is 0.410 e. The summed E-state index contributed by atoms with van der Waals surface area (Å²) in [6.45, 7) is 6.77. The fraction of sp³-hybridized carbons (Fsp3) is 0.556. The maximum atomic E-state index is 12.3. The van der Waals surface area contributed by atoms with E-state index in [1.54, 1.807) is 23.1 Å². The standard InChI is InChI=1S/C18H25ClN2O4/c1-18(2,3)25-17(23)21-9-5-6-13(21)11-20-15-10-12(16(22)24-4)7-8-14(15)19/h7-8,10,13,20H,5-6,9,11H2,1-4H3. The summed E-state index contributed by atoms with van der Waals surface area (Å²) in [4.78, 5) is 25.7. The summed E-state index contributed by atoms with van der Waals surface area (Å²) in [5, 5.41) is 3.74. The van der Waals surface area contributed by atoms with Crippen molar-refractivity contribution in [1.82, 2.24) is 4.90 Å². The number of hydrogen-bond acceptors (Lipinski definition) is 5. The molecule has 1 atom stereocenters. The van der Waals surface area contributed by atoms with Gasteiger partial charge in [-0.05, 0) is 51.8 Å². The van der Waals surface area contributed by atoms with E-state index in [1.807, 2.05) is 20.8 Å². The third-order valence-corrected chi connectivity index (χ3v) is 4.25. The van der Waals surface area contributed by atoms with Gasteiger partial charge in [0.15, 0.2) is 0 Å². The lowest BCUT2D eigenvalue weighted by Crippen LogP contribution is -2.42. The minimum absolute atomic E-state index is 0.0210. The largest absolute Gasteiger partial charge is 0.465 e. The molecule has 1 amide bonds. The molecule has 138 valence electrons. The van der Waals surface area contributed by atoms with Crippen LogP contribution >= 0.6 is 11.6 Å². The highest BCUT2D eigenvalue weighted by Crippen LogP contribution is 2.26. The number of hydrogen-bond donors (Lipinski definition) is 1. The van der Waals surface area contributed by atoms with Gasteiger partial charge < -0.3 is 19.7 Å². The van der Waals surface area contributed by atoms with Gasteiger partial charge in [-0.15, -0.1) is 0 Å². The van der Waals surface area contributed by atoms with Crippen molar-refractivity contribution in [3.8, 4) is 0 Å². The molecule has 0 bridgehead atoms. The molecule has 2 rings (SSSR count). The van der Waals surface area contributed by atoms with Crippen LogP contribution in [0.3, 0.4) is 0 Å². The van der Waals surface area contributed by atoms with Crippen molar-refractivity contribution < 1.29 is 19.1 Å². The Morgan fingerprint density at radius 1 is 1.36 bits per heavy atom. The van der Waals surface area contributed by atoms with Gasteiger partial charge in [0.05, 0.1) is 29.4 Å². The predicted molar refractivity (Wildman–Crippen MR) is 97.2 cm³/mol. The van der Waals surface area contributed by atoms with Gasteiger partial charge in [-0.1, -0.05) is 11.6 Å². The third-order valence-electron chi connectivity index (χ3n) is 3.92. The van der Waals surface area contributed by atoms with Gasteiger partial charge in [0.2, 0.25) is 0 Å². The summed E-state index contributed by atoms with van der Waals surface area (Å²) in [7, 11) is 1.33. The molecule has 1 fully saturated rings. The summed E-state index contributed by atoms with van der Waals surface area (Å²) < 4.78 is 10.2. The number of rotatable bonds is 4. The second-order valence-corrected chi connectivity index (χ2v) is 7.44. The Hall–Kier alpha value is -1.95. The number of halogens is 1. The topological polar surface area (TPSA) is 67.9 Å². The Bertz CT molecular complexity index is 642. The second-order valence-electron chi connectivity index (χ2n) is 7.04. The Labute approximate surface area is 153 Å². The van der Waals surface area contributed by atoms with Crippen molar-refractivity contribution in [2.24, 2.45) is 0 Å². The molecule has 1 heterocycles. The quantitative estimate of drug-likeness (QED) is 0.815. The molecule has 25 heavy (non-hydrogen) atoms. The number of nitrogens with zero attached hydrogens (tertiary/aromatic N) is 1. The number of carbonyl (C=O) groups excluding carboxylic acids is 2. The normalized spacial score (nSPS) is 17.3. The van der Waals surface area contributed by atoms with Gasteiger partial charge >= 0.3 is 12.1 Å². The molecule has 6 nitrogen and oxygen atoms in total. The molecule has 0 aliphatic carbocycles. The van der Waals surface area contributed by atoms with Crippen LogP contribution < -0.4 is 5.32 Å². The van der Waals surface area contributed by atoms with Crippen molar-refractivity contribution in [1.29, 1.82) is 0 Å². The third kappa shape index (κ3) is 5.26. The average molecular weight is 369 g/mol. The van der Waals surface area contributed by atoms with Crippen molar-refractivity contribution in [3.63, 3.8) is 0 Å². The number of likely N-dealkylation sites (tertiary alicyclic amines) is 1. The fourth-order valence-corrected chi connectivity index (χ4v) is 2.93. The maximum absolute atomic E-state index is 12.3. The van der Waals surface area contributed by atoms with E-state index in [1.165, 1.54) is 7.11 Å². The lowest BCUT2D eigenvalue weighted by atomic mass is 10.1. The number of ether oxygens (including phenoxy) is 2. The lowest BCUT2D eigenvalue weighted by Gasteiger charge is -2.29. The van der Waals surface area contributed by atoms with Crippen LogP contribution in [0.15, 0.2) is 18.2 Å². The van der Waals surface area contributed by atoms with Crippen LogP contribution in [0.5, 0.6) is 0 Å². The van der Waals surface area contributed by atoms with E-state index in [0.29, 0.717) is 29.4 Å². The Morgan fingerprint density at radius 2 is 2.08 bits per heavy atom. The van der Waals surface area contributed by atoms with Gasteiger partial charge in [0, 0.05) is 13.1 Å². The molecule has 1 aliphatic rings. The van der Waals surface area contributed by atoms with Crippen LogP contribution in [0.2, 0.25) is 5.02 Å². The molecule has 1 N–H and O–H groups in total. The predicted octanol–water partition coefficient (Wildman–Crippen LogP) is 3.94. The first-order valence-electron chi connectivity index (χ1n) is 8.32. The number of benzene rings is 1. The van der Waals surface area contributed by atoms with Gasteiger partial charge in [0.25, 0.3) is 0 Å². The lowest BCUT2D eigenvalue weighted by molar-refractivity contribution is 0.0235.